The van der Waals surface area contributed by atoms with Gasteiger partial charge in [0.2, 0.25) is 15.9 Å². The van der Waals surface area contributed by atoms with Crippen molar-refractivity contribution in [2.45, 2.75) is 17.7 Å². The van der Waals surface area contributed by atoms with Crippen molar-refractivity contribution in [2.24, 2.45) is 5.92 Å². The van der Waals surface area contributed by atoms with Gasteiger partial charge in [-0.3, -0.25) is 9.78 Å². The quantitative estimate of drug-likeness (QED) is 0.406. The Balaban J connectivity index is 1.34. The molecule has 1 saturated heterocycles. The smallest absolute Gasteiger partial charge is 0.243 e. The van der Waals surface area contributed by atoms with Gasteiger partial charge >= 0.3 is 0 Å². The first-order valence-electron chi connectivity index (χ1n) is 11.6. The zero-order valence-corrected chi connectivity index (χ0v) is 21.7. The van der Waals surface area contributed by atoms with Gasteiger partial charge in [-0.2, -0.15) is 4.31 Å². The number of halogens is 1. The molecule has 2 aromatic carbocycles. The normalized spacial score (nSPS) is 16.5. The highest BCUT2D eigenvalue weighted by Gasteiger charge is 2.33. The Morgan fingerprint density at radius 2 is 1.92 bits per heavy atom. The van der Waals surface area contributed by atoms with Crippen LogP contribution >= 0.6 is 11.6 Å². The average molecular weight is 533 g/mol. The minimum Gasteiger partial charge on any atom is -0.493 e. The van der Waals surface area contributed by atoms with Crippen LogP contribution in [0.25, 0.3) is 10.9 Å². The summed E-state index contributed by atoms with van der Waals surface area (Å²) in [6.07, 6.45) is 2.94. The first-order valence-corrected chi connectivity index (χ1v) is 13.4. The molecule has 3 aromatic rings. The topological polar surface area (TPSA) is 110 Å². The van der Waals surface area contributed by atoms with Crippen LogP contribution in [0.4, 0.5) is 5.69 Å². The summed E-state index contributed by atoms with van der Waals surface area (Å²) < 4.78 is 38.3. The SMILES string of the molecule is COc1ccc(S(=O)(=O)N2CCC[C@@H](C(=O)NCCNc3ccnc4cc(Cl)ccc34)C2)cc1OC. The van der Waals surface area contributed by atoms with Gasteiger partial charge in [0.05, 0.1) is 30.5 Å². The average Bonchev–Trinajstić information content (AvgIpc) is 2.90. The third-order valence-electron chi connectivity index (χ3n) is 6.19. The van der Waals surface area contributed by atoms with Crippen LogP contribution in [0.3, 0.4) is 0 Å². The summed E-state index contributed by atoms with van der Waals surface area (Å²) in [4.78, 5) is 17.3. The number of nitrogens with one attached hydrogen (secondary N) is 2. The Bertz CT molecular complexity index is 1350. The fourth-order valence-corrected chi connectivity index (χ4v) is 6.01. The molecular formula is C25H29ClN4O5S. The third kappa shape index (κ3) is 5.66. The molecule has 1 amide bonds. The first kappa shape index (κ1) is 26.0. The molecular weight excluding hydrogens is 504 g/mol. The molecule has 36 heavy (non-hydrogen) atoms. The fourth-order valence-electron chi connectivity index (χ4n) is 4.30. The summed E-state index contributed by atoms with van der Waals surface area (Å²) in [5.74, 6) is 0.208. The number of piperidine rings is 1. The number of rotatable bonds is 9. The monoisotopic (exact) mass is 532 g/mol. The number of aromatic nitrogens is 1. The number of amides is 1. The van der Waals surface area contributed by atoms with Crippen LogP contribution in [0.15, 0.2) is 53.6 Å². The summed E-state index contributed by atoms with van der Waals surface area (Å²) in [7, 11) is -0.835. The van der Waals surface area contributed by atoms with Crippen molar-refractivity contribution in [2.75, 3.05) is 45.7 Å². The number of methoxy groups -OCH3 is 2. The van der Waals surface area contributed by atoms with Gasteiger partial charge in [-0.05, 0) is 49.2 Å². The highest BCUT2D eigenvalue weighted by Crippen LogP contribution is 2.32. The van der Waals surface area contributed by atoms with Crippen molar-refractivity contribution in [3.8, 4) is 11.5 Å². The van der Waals surface area contributed by atoms with Gasteiger partial charge in [0.25, 0.3) is 0 Å². The summed E-state index contributed by atoms with van der Waals surface area (Å²) in [6, 6.07) is 11.9. The number of nitrogens with zero attached hydrogens (tertiary/aromatic N) is 2. The highest BCUT2D eigenvalue weighted by atomic mass is 35.5. The molecule has 9 nitrogen and oxygen atoms in total. The van der Waals surface area contributed by atoms with E-state index < -0.39 is 15.9 Å². The van der Waals surface area contributed by atoms with E-state index in [0.717, 1.165) is 16.6 Å². The standard InChI is InChI=1S/C25H29ClN4O5S/c1-34-23-8-6-19(15-24(23)35-2)36(32,33)30-13-3-4-17(16-30)25(31)29-12-11-28-21-9-10-27-22-14-18(26)5-7-20(21)22/h5-10,14-15,17H,3-4,11-13,16H2,1-2H3,(H,27,28)(H,29,31)/t17-/m1/s1. The zero-order chi connectivity index (χ0) is 25.7. The lowest BCUT2D eigenvalue weighted by Gasteiger charge is -2.31. The van der Waals surface area contributed by atoms with Crippen LogP contribution in [-0.4, -0.2) is 64.0 Å². The molecule has 1 fully saturated rings. The van der Waals surface area contributed by atoms with Crippen molar-refractivity contribution < 1.29 is 22.7 Å². The molecule has 1 aromatic heterocycles. The van der Waals surface area contributed by atoms with Crippen LogP contribution in [0.1, 0.15) is 12.8 Å². The van der Waals surface area contributed by atoms with Gasteiger partial charge in [-0.25, -0.2) is 8.42 Å². The maximum absolute atomic E-state index is 13.2. The number of benzene rings is 2. The second-order valence-electron chi connectivity index (χ2n) is 8.46. The van der Waals surface area contributed by atoms with Crippen LogP contribution in [0.2, 0.25) is 5.02 Å². The van der Waals surface area contributed by atoms with E-state index in [1.807, 2.05) is 18.2 Å². The Morgan fingerprint density at radius 3 is 2.69 bits per heavy atom. The van der Waals surface area contributed by atoms with Gasteiger partial charge in [0, 0.05) is 54.5 Å². The van der Waals surface area contributed by atoms with E-state index in [4.69, 9.17) is 21.1 Å². The van der Waals surface area contributed by atoms with E-state index in [-0.39, 0.29) is 17.3 Å². The number of anilines is 1. The second kappa shape index (κ2) is 11.3. The highest BCUT2D eigenvalue weighted by molar-refractivity contribution is 7.89. The maximum atomic E-state index is 13.2. The predicted molar refractivity (Wildman–Crippen MR) is 139 cm³/mol. The number of sulfonamides is 1. The summed E-state index contributed by atoms with van der Waals surface area (Å²) >= 11 is 6.05. The van der Waals surface area contributed by atoms with Crippen LogP contribution in [-0.2, 0) is 14.8 Å². The molecule has 0 bridgehead atoms. The minimum absolute atomic E-state index is 0.108. The Labute approximate surface area is 215 Å². The van der Waals surface area contributed by atoms with E-state index in [2.05, 4.69) is 15.6 Å². The molecule has 0 saturated carbocycles. The lowest BCUT2D eigenvalue weighted by molar-refractivity contribution is -0.125. The van der Waals surface area contributed by atoms with Crippen molar-refractivity contribution >= 4 is 44.1 Å². The van der Waals surface area contributed by atoms with Crippen molar-refractivity contribution in [1.29, 1.82) is 0 Å². The van der Waals surface area contributed by atoms with Gasteiger partial charge in [-0.1, -0.05) is 11.6 Å². The molecule has 1 aliphatic heterocycles. The number of hydrogen-bond acceptors (Lipinski definition) is 7. The summed E-state index contributed by atoms with van der Waals surface area (Å²) in [5, 5.41) is 7.80. The lowest BCUT2D eigenvalue weighted by Crippen LogP contribution is -2.46. The fraction of sp³-hybridized carbons (Fsp3) is 0.360. The van der Waals surface area contributed by atoms with Gasteiger partial charge in [0.1, 0.15) is 0 Å². The van der Waals surface area contributed by atoms with Crippen LogP contribution < -0.4 is 20.1 Å². The number of carbonyl (C=O) groups excluding carboxylic acids is 1. The van der Waals surface area contributed by atoms with Gasteiger partial charge < -0.3 is 20.1 Å². The summed E-state index contributed by atoms with van der Waals surface area (Å²) in [6.45, 7) is 1.40. The van der Waals surface area contributed by atoms with E-state index in [0.29, 0.717) is 49.0 Å². The molecule has 1 atom stereocenters. The molecule has 4 rings (SSSR count). The third-order valence-corrected chi connectivity index (χ3v) is 8.29. The molecule has 11 heteroatoms. The molecule has 2 N–H and O–H groups in total. The van der Waals surface area contributed by atoms with Crippen molar-refractivity contribution in [1.82, 2.24) is 14.6 Å². The summed E-state index contributed by atoms with van der Waals surface area (Å²) in [5.41, 5.74) is 1.69. The minimum atomic E-state index is -3.78. The maximum Gasteiger partial charge on any atom is 0.243 e. The molecule has 1 aliphatic rings. The van der Waals surface area contributed by atoms with E-state index in [1.54, 1.807) is 18.3 Å². The van der Waals surface area contributed by atoms with Crippen molar-refractivity contribution in [3.63, 3.8) is 0 Å². The molecule has 2 heterocycles. The number of hydrogen-bond donors (Lipinski definition) is 2. The number of carbonyl (C=O) groups is 1. The number of fused-ring (bicyclic) bond motifs is 1. The number of pyridine rings is 1. The molecule has 0 radical (unpaired) electrons. The van der Waals surface area contributed by atoms with E-state index >= 15 is 0 Å². The Kier molecular flexibility index (Phi) is 8.17. The van der Waals surface area contributed by atoms with Gasteiger partial charge in [0.15, 0.2) is 11.5 Å². The van der Waals surface area contributed by atoms with E-state index in [1.165, 1.54) is 30.7 Å². The molecule has 0 spiro atoms. The van der Waals surface area contributed by atoms with Crippen LogP contribution in [0, 0.1) is 5.92 Å². The van der Waals surface area contributed by atoms with Crippen LogP contribution in [0.5, 0.6) is 11.5 Å². The first-order chi connectivity index (χ1) is 17.3. The predicted octanol–water partition coefficient (Wildman–Crippen LogP) is 3.53. The van der Waals surface area contributed by atoms with Crippen molar-refractivity contribution in [3.05, 3.63) is 53.7 Å². The lowest BCUT2D eigenvalue weighted by atomic mass is 9.99. The molecule has 192 valence electrons. The largest absolute Gasteiger partial charge is 0.493 e. The van der Waals surface area contributed by atoms with E-state index in [9.17, 15) is 13.2 Å². The second-order valence-corrected chi connectivity index (χ2v) is 10.8. The Hall–Kier alpha value is -3.08. The Morgan fingerprint density at radius 1 is 1.11 bits per heavy atom. The zero-order valence-electron chi connectivity index (χ0n) is 20.2. The van der Waals surface area contributed by atoms with Gasteiger partial charge in [-0.15, -0.1) is 0 Å². The number of ether oxygens (including phenoxy) is 2. The molecule has 0 aliphatic carbocycles. The molecule has 0 unspecified atom stereocenters.